The van der Waals surface area contributed by atoms with Gasteiger partial charge < -0.3 is 5.32 Å². The Morgan fingerprint density at radius 1 is 1.24 bits per heavy atom. The number of pyridine rings is 1. The molecule has 0 aliphatic heterocycles. The number of aromatic nitrogens is 1. The third kappa shape index (κ3) is 2.61. The zero-order chi connectivity index (χ0) is 12.1. The predicted octanol–water partition coefficient (Wildman–Crippen LogP) is 3.26. The molecule has 2 aromatic rings. The van der Waals surface area contributed by atoms with Crippen LogP contribution in [0.5, 0.6) is 0 Å². The maximum Gasteiger partial charge on any atom is 0.101 e. The predicted molar refractivity (Wildman–Crippen MR) is 68.1 cm³/mol. The zero-order valence-electron chi connectivity index (χ0n) is 9.64. The average molecular weight is 223 g/mol. The van der Waals surface area contributed by atoms with Crippen molar-refractivity contribution in [2.45, 2.75) is 13.3 Å². The van der Waals surface area contributed by atoms with Gasteiger partial charge in [-0.2, -0.15) is 5.26 Å². The van der Waals surface area contributed by atoms with Crippen molar-refractivity contribution in [3.05, 3.63) is 53.9 Å². The van der Waals surface area contributed by atoms with Crippen molar-refractivity contribution in [2.75, 3.05) is 5.32 Å². The normalized spacial score (nSPS) is 9.65. The van der Waals surface area contributed by atoms with E-state index in [1.165, 1.54) is 5.56 Å². The number of benzene rings is 1. The molecule has 84 valence electrons. The summed E-state index contributed by atoms with van der Waals surface area (Å²) in [5.74, 6) is 0. The Labute approximate surface area is 101 Å². The lowest BCUT2D eigenvalue weighted by atomic mass is 10.1. The molecular formula is C14H13N3. The van der Waals surface area contributed by atoms with E-state index in [0.717, 1.165) is 17.8 Å². The van der Waals surface area contributed by atoms with Crippen molar-refractivity contribution in [3.8, 4) is 6.07 Å². The number of nitriles is 1. The largest absolute Gasteiger partial charge is 0.353 e. The van der Waals surface area contributed by atoms with E-state index < -0.39 is 0 Å². The van der Waals surface area contributed by atoms with Crippen LogP contribution in [0.4, 0.5) is 11.4 Å². The Hall–Kier alpha value is -2.34. The van der Waals surface area contributed by atoms with Crippen LogP contribution >= 0.6 is 0 Å². The van der Waals surface area contributed by atoms with Crippen molar-refractivity contribution in [1.82, 2.24) is 4.98 Å². The highest BCUT2D eigenvalue weighted by Crippen LogP contribution is 2.19. The molecule has 0 amide bonds. The third-order valence-electron chi connectivity index (χ3n) is 2.58. The Morgan fingerprint density at radius 2 is 2.00 bits per heavy atom. The van der Waals surface area contributed by atoms with Gasteiger partial charge in [-0.25, -0.2) is 0 Å². The standard InChI is InChI=1S/C14H13N3/c1-2-11-3-5-13(6-4-11)17-14-10-16-8-7-12(14)9-15/h3-8,10,17H,2H2,1H3. The van der Waals surface area contributed by atoms with Crippen LogP contribution in [0.1, 0.15) is 18.1 Å². The quantitative estimate of drug-likeness (QED) is 0.868. The summed E-state index contributed by atoms with van der Waals surface area (Å²) in [5, 5.41) is 12.2. The van der Waals surface area contributed by atoms with Crippen molar-refractivity contribution >= 4 is 11.4 Å². The van der Waals surface area contributed by atoms with E-state index >= 15 is 0 Å². The van der Waals surface area contributed by atoms with E-state index in [9.17, 15) is 0 Å². The molecule has 0 bridgehead atoms. The number of hydrogen-bond donors (Lipinski definition) is 1. The molecule has 0 aliphatic rings. The number of aryl methyl sites for hydroxylation is 1. The van der Waals surface area contributed by atoms with Crippen LogP contribution in [0.3, 0.4) is 0 Å². The van der Waals surface area contributed by atoms with Crippen LogP contribution in [0.25, 0.3) is 0 Å². The first-order valence-electron chi connectivity index (χ1n) is 5.53. The first kappa shape index (κ1) is 11.2. The minimum absolute atomic E-state index is 0.597. The topological polar surface area (TPSA) is 48.7 Å². The van der Waals surface area contributed by atoms with E-state index in [4.69, 9.17) is 5.26 Å². The molecule has 3 heteroatoms. The van der Waals surface area contributed by atoms with E-state index in [-0.39, 0.29) is 0 Å². The SMILES string of the molecule is CCc1ccc(Nc2cnccc2C#N)cc1. The van der Waals surface area contributed by atoms with Crippen LogP contribution in [0.2, 0.25) is 0 Å². The van der Waals surface area contributed by atoms with Crippen molar-refractivity contribution in [1.29, 1.82) is 5.26 Å². The monoisotopic (exact) mass is 223 g/mol. The molecule has 0 atom stereocenters. The van der Waals surface area contributed by atoms with Gasteiger partial charge in [0.15, 0.2) is 0 Å². The Morgan fingerprint density at radius 3 is 2.65 bits per heavy atom. The molecule has 0 radical (unpaired) electrons. The summed E-state index contributed by atoms with van der Waals surface area (Å²) >= 11 is 0. The number of nitrogens with zero attached hydrogens (tertiary/aromatic N) is 2. The van der Waals surface area contributed by atoms with Gasteiger partial charge in [-0.3, -0.25) is 4.98 Å². The fourth-order valence-electron chi connectivity index (χ4n) is 1.57. The minimum atomic E-state index is 0.597. The second-order valence-electron chi connectivity index (χ2n) is 3.71. The van der Waals surface area contributed by atoms with Gasteiger partial charge >= 0.3 is 0 Å². The van der Waals surface area contributed by atoms with E-state index in [1.807, 2.05) is 12.1 Å². The second-order valence-corrected chi connectivity index (χ2v) is 3.71. The third-order valence-corrected chi connectivity index (χ3v) is 2.58. The molecule has 0 fully saturated rings. The highest BCUT2D eigenvalue weighted by molar-refractivity contribution is 5.65. The van der Waals surface area contributed by atoms with Gasteiger partial charge in [0.05, 0.1) is 17.4 Å². The van der Waals surface area contributed by atoms with Crippen molar-refractivity contribution < 1.29 is 0 Å². The van der Waals surface area contributed by atoms with Gasteiger partial charge in [-0.15, -0.1) is 0 Å². The van der Waals surface area contributed by atoms with Gasteiger partial charge in [-0.05, 0) is 30.2 Å². The highest BCUT2D eigenvalue weighted by Gasteiger charge is 2.01. The van der Waals surface area contributed by atoms with Gasteiger partial charge in [0, 0.05) is 11.9 Å². The Kier molecular flexibility index (Phi) is 3.37. The maximum atomic E-state index is 8.96. The van der Waals surface area contributed by atoms with Crippen LogP contribution in [-0.4, -0.2) is 4.98 Å². The Balaban J connectivity index is 2.23. The number of nitrogens with one attached hydrogen (secondary N) is 1. The molecule has 0 saturated carbocycles. The van der Waals surface area contributed by atoms with E-state index in [0.29, 0.717) is 5.56 Å². The zero-order valence-corrected chi connectivity index (χ0v) is 9.64. The molecule has 1 aromatic carbocycles. The molecule has 1 aromatic heterocycles. The van der Waals surface area contributed by atoms with Gasteiger partial charge in [0.2, 0.25) is 0 Å². The van der Waals surface area contributed by atoms with Gasteiger partial charge in [-0.1, -0.05) is 19.1 Å². The molecule has 1 heterocycles. The summed E-state index contributed by atoms with van der Waals surface area (Å²) in [4.78, 5) is 4.01. The molecule has 3 nitrogen and oxygen atoms in total. The summed E-state index contributed by atoms with van der Waals surface area (Å²) in [5.41, 5.74) is 3.59. The fourth-order valence-corrected chi connectivity index (χ4v) is 1.57. The van der Waals surface area contributed by atoms with E-state index in [1.54, 1.807) is 18.5 Å². The van der Waals surface area contributed by atoms with Crippen LogP contribution in [0.15, 0.2) is 42.7 Å². The first-order valence-corrected chi connectivity index (χ1v) is 5.53. The summed E-state index contributed by atoms with van der Waals surface area (Å²) in [6, 6.07) is 12.0. The van der Waals surface area contributed by atoms with Crippen LogP contribution in [0, 0.1) is 11.3 Å². The fraction of sp³-hybridized carbons (Fsp3) is 0.143. The first-order chi connectivity index (χ1) is 8.33. The molecule has 0 spiro atoms. The lowest BCUT2D eigenvalue weighted by Crippen LogP contribution is -1.94. The number of anilines is 2. The molecule has 0 aliphatic carbocycles. The average Bonchev–Trinajstić information content (AvgIpc) is 2.40. The molecule has 17 heavy (non-hydrogen) atoms. The summed E-state index contributed by atoms with van der Waals surface area (Å²) in [7, 11) is 0. The van der Waals surface area contributed by atoms with E-state index in [2.05, 4.69) is 35.4 Å². The van der Waals surface area contributed by atoms with Gasteiger partial charge in [0.25, 0.3) is 0 Å². The molecular weight excluding hydrogens is 210 g/mol. The second kappa shape index (κ2) is 5.13. The number of hydrogen-bond acceptors (Lipinski definition) is 3. The van der Waals surface area contributed by atoms with Crippen LogP contribution in [-0.2, 0) is 6.42 Å². The minimum Gasteiger partial charge on any atom is -0.353 e. The molecule has 0 unspecified atom stereocenters. The summed E-state index contributed by atoms with van der Waals surface area (Å²) in [6.45, 7) is 2.12. The summed E-state index contributed by atoms with van der Waals surface area (Å²) in [6.07, 6.45) is 4.30. The summed E-state index contributed by atoms with van der Waals surface area (Å²) < 4.78 is 0. The van der Waals surface area contributed by atoms with Gasteiger partial charge in [0.1, 0.15) is 6.07 Å². The lowest BCUT2D eigenvalue weighted by molar-refractivity contribution is 1.14. The van der Waals surface area contributed by atoms with Crippen molar-refractivity contribution in [2.24, 2.45) is 0 Å². The van der Waals surface area contributed by atoms with Crippen molar-refractivity contribution in [3.63, 3.8) is 0 Å². The lowest BCUT2D eigenvalue weighted by Gasteiger charge is -2.07. The Bertz CT molecular complexity index is 538. The molecule has 0 saturated heterocycles. The molecule has 1 N–H and O–H groups in total. The highest BCUT2D eigenvalue weighted by atomic mass is 14.9. The maximum absolute atomic E-state index is 8.96. The molecule has 2 rings (SSSR count). The van der Waals surface area contributed by atoms with Crippen LogP contribution < -0.4 is 5.32 Å². The number of rotatable bonds is 3. The smallest absolute Gasteiger partial charge is 0.101 e.